The predicted molar refractivity (Wildman–Crippen MR) is 100 cm³/mol. The van der Waals surface area contributed by atoms with E-state index in [1.165, 1.54) is 11.8 Å². The van der Waals surface area contributed by atoms with Crippen LogP contribution in [0.5, 0.6) is 0 Å². The Labute approximate surface area is 166 Å². The molecule has 2 aliphatic rings. The quantitative estimate of drug-likeness (QED) is 0.813. The first kappa shape index (κ1) is 21.1. The van der Waals surface area contributed by atoms with Crippen LogP contribution >= 0.6 is 0 Å². The molecule has 2 saturated heterocycles. The molecule has 0 saturated carbocycles. The second kappa shape index (κ2) is 7.00. The van der Waals surface area contributed by atoms with Crippen molar-refractivity contribution in [1.82, 2.24) is 4.90 Å². The summed E-state index contributed by atoms with van der Waals surface area (Å²) in [5, 5.41) is 9.38. The molecule has 2 aliphatic heterocycles. The average molecular weight is 415 g/mol. The van der Waals surface area contributed by atoms with Crippen LogP contribution in [0.1, 0.15) is 27.7 Å². The van der Waals surface area contributed by atoms with E-state index in [0.29, 0.717) is 0 Å². The number of amides is 2. The fourth-order valence-corrected chi connectivity index (χ4v) is 3.59. The average Bonchev–Trinajstić information content (AvgIpc) is 2.89. The van der Waals surface area contributed by atoms with Gasteiger partial charge in [0.15, 0.2) is 11.6 Å². The number of carbonyl (C=O) groups is 2. The van der Waals surface area contributed by atoms with Crippen LogP contribution in [-0.4, -0.2) is 65.7 Å². The largest absolute Gasteiger partial charge is 0.465 e. The van der Waals surface area contributed by atoms with Crippen LogP contribution in [0, 0.1) is 11.6 Å². The smallest absolute Gasteiger partial charge is 0.414 e. The standard InChI is InChI=1S/C19H24F3N3O4/c1-18(2,3)25(16(26)27)8-12-7-24(17(28)29-12)11-5-13(20)15(14(21)6-11)23-9-19(4,22)10-23/h5-6,12H,7-10H2,1-4H3,(H,26,27)/t12-/m1/s1. The van der Waals surface area contributed by atoms with Gasteiger partial charge in [-0.15, -0.1) is 0 Å². The first-order valence-corrected chi connectivity index (χ1v) is 9.20. The van der Waals surface area contributed by atoms with Crippen molar-refractivity contribution >= 4 is 23.6 Å². The number of nitrogens with zero attached hydrogens (tertiary/aromatic N) is 3. The van der Waals surface area contributed by atoms with E-state index < -0.39 is 41.1 Å². The number of cyclic esters (lactones) is 1. The molecule has 0 aliphatic carbocycles. The van der Waals surface area contributed by atoms with Gasteiger partial charge >= 0.3 is 12.2 Å². The van der Waals surface area contributed by atoms with Crippen molar-refractivity contribution in [2.24, 2.45) is 0 Å². The zero-order valence-corrected chi connectivity index (χ0v) is 16.7. The summed E-state index contributed by atoms with van der Waals surface area (Å²) >= 11 is 0. The maximum absolute atomic E-state index is 14.5. The van der Waals surface area contributed by atoms with Crippen molar-refractivity contribution in [1.29, 1.82) is 0 Å². The monoisotopic (exact) mass is 415 g/mol. The van der Waals surface area contributed by atoms with Crippen molar-refractivity contribution < 1.29 is 32.6 Å². The fourth-order valence-electron chi connectivity index (χ4n) is 3.59. The Kier molecular flexibility index (Phi) is 5.08. The number of anilines is 2. The molecule has 7 nitrogen and oxygen atoms in total. The van der Waals surface area contributed by atoms with Crippen LogP contribution in [0.2, 0.25) is 0 Å². The highest BCUT2D eigenvalue weighted by molar-refractivity contribution is 5.90. The van der Waals surface area contributed by atoms with Crippen LogP contribution in [0.15, 0.2) is 12.1 Å². The lowest BCUT2D eigenvalue weighted by atomic mass is 9.98. The summed E-state index contributed by atoms with van der Waals surface area (Å²) in [6.07, 6.45) is -2.77. The number of carbonyl (C=O) groups excluding carboxylic acids is 1. The number of halogens is 3. The Morgan fingerprint density at radius 3 is 2.31 bits per heavy atom. The number of hydrogen-bond donors (Lipinski definition) is 1. The van der Waals surface area contributed by atoms with Gasteiger partial charge in [0.25, 0.3) is 0 Å². The van der Waals surface area contributed by atoms with Gasteiger partial charge in [-0.25, -0.2) is 22.8 Å². The number of rotatable bonds is 4. The molecule has 10 heteroatoms. The molecule has 160 valence electrons. The molecule has 0 unspecified atom stereocenters. The van der Waals surface area contributed by atoms with E-state index in [4.69, 9.17) is 4.74 Å². The van der Waals surface area contributed by atoms with Crippen LogP contribution in [0.3, 0.4) is 0 Å². The zero-order chi connectivity index (χ0) is 21.7. The summed E-state index contributed by atoms with van der Waals surface area (Å²) in [5.74, 6) is -1.82. The lowest BCUT2D eigenvalue weighted by Crippen LogP contribution is -2.57. The Morgan fingerprint density at radius 2 is 1.86 bits per heavy atom. The summed E-state index contributed by atoms with van der Waals surface area (Å²) in [6.45, 7) is 6.10. The summed E-state index contributed by atoms with van der Waals surface area (Å²) in [4.78, 5) is 27.1. The van der Waals surface area contributed by atoms with Crippen LogP contribution in [0.25, 0.3) is 0 Å². The number of benzene rings is 1. The third-order valence-electron chi connectivity index (χ3n) is 4.97. The molecule has 0 radical (unpaired) electrons. The SMILES string of the molecule is CC1(F)CN(c2c(F)cc(N3C[C@H](CN(C(=O)O)C(C)(C)C)OC3=O)cc2F)C1. The third kappa shape index (κ3) is 4.20. The van der Waals surface area contributed by atoms with Crippen molar-refractivity contribution in [3.05, 3.63) is 23.8 Å². The highest BCUT2D eigenvalue weighted by Crippen LogP contribution is 2.36. The number of ether oxygens (including phenoxy) is 1. The van der Waals surface area contributed by atoms with E-state index in [9.17, 15) is 27.9 Å². The van der Waals surface area contributed by atoms with E-state index in [-0.39, 0.29) is 37.6 Å². The normalized spacial score (nSPS) is 21.1. The molecule has 29 heavy (non-hydrogen) atoms. The molecular weight excluding hydrogens is 391 g/mol. The van der Waals surface area contributed by atoms with E-state index in [0.717, 1.165) is 21.9 Å². The number of alkyl halides is 1. The number of hydrogen-bond acceptors (Lipinski definition) is 4. The van der Waals surface area contributed by atoms with Gasteiger partial charge in [-0.05, 0) is 27.7 Å². The molecule has 0 spiro atoms. The van der Waals surface area contributed by atoms with Crippen molar-refractivity contribution in [3.8, 4) is 0 Å². The van der Waals surface area contributed by atoms with Gasteiger partial charge in [0.1, 0.15) is 17.5 Å². The summed E-state index contributed by atoms with van der Waals surface area (Å²) < 4.78 is 47.9. The van der Waals surface area contributed by atoms with Crippen molar-refractivity contribution in [2.45, 2.75) is 45.0 Å². The minimum atomic E-state index is -1.49. The zero-order valence-electron chi connectivity index (χ0n) is 16.7. The molecule has 1 N–H and O–H groups in total. The Balaban J connectivity index is 1.76. The minimum Gasteiger partial charge on any atom is -0.465 e. The van der Waals surface area contributed by atoms with Gasteiger partial charge in [0, 0.05) is 17.7 Å². The number of carboxylic acid groups (broad SMARTS) is 1. The first-order valence-electron chi connectivity index (χ1n) is 9.20. The maximum atomic E-state index is 14.5. The second-order valence-corrected chi connectivity index (χ2v) is 8.71. The van der Waals surface area contributed by atoms with E-state index >= 15 is 0 Å². The highest BCUT2D eigenvalue weighted by atomic mass is 19.1. The molecule has 0 aromatic heterocycles. The van der Waals surface area contributed by atoms with Crippen LogP contribution in [0.4, 0.5) is 34.1 Å². The maximum Gasteiger partial charge on any atom is 0.414 e. The lowest BCUT2D eigenvalue weighted by molar-refractivity contribution is 0.0605. The van der Waals surface area contributed by atoms with Gasteiger partial charge in [0.2, 0.25) is 0 Å². The van der Waals surface area contributed by atoms with E-state index in [1.807, 2.05) is 0 Å². The van der Waals surface area contributed by atoms with Crippen LogP contribution in [-0.2, 0) is 4.74 Å². The fraction of sp³-hybridized carbons (Fsp3) is 0.579. The van der Waals surface area contributed by atoms with Gasteiger partial charge in [0.05, 0.1) is 31.9 Å². The third-order valence-corrected chi connectivity index (χ3v) is 4.97. The molecule has 2 fully saturated rings. The Morgan fingerprint density at radius 1 is 1.31 bits per heavy atom. The molecule has 2 amide bonds. The topological polar surface area (TPSA) is 73.3 Å². The minimum absolute atomic E-state index is 0.0441. The highest BCUT2D eigenvalue weighted by Gasteiger charge is 2.42. The van der Waals surface area contributed by atoms with Crippen molar-refractivity contribution in [3.63, 3.8) is 0 Å². The van der Waals surface area contributed by atoms with E-state index in [2.05, 4.69) is 0 Å². The first-order chi connectivity index (χ1) is 13.3. The molecule has 1 atom stereocenters. The van der Waals surface area contributed by atoms with Crippen LogP contribution < -0.4 is 9.80 Å². The summed E-state index contributed by atoms with van der Waals surface area (Å²) in [6, 6.07) is 1.99. The molecule has 0 bridgehead atoms. The molecular formula is C19H24F3N3O4. The molecule has 1 aromatic carbocycles. The van der Waals surface area contributed by atoms with Gasteiger partial charge in [-0.3, -0.25) is 9.80 Å². The Hall–Kier alpha value is -2.65. The van der Waals surface area contributed by atoms with Crippen molar-refractivity contribution in [2.75, 3.05) is 36.0 Å². The molecule has 3 rings (SSSR count). The predicted octanol–water partition coefficient (Wildman–Crippen LogP) is 3.62. The van der Waals surface area contributed by atoms with E-state index in [1.54, 1.807) is 20.8 Å². The van der Waals surface area contributed by atoms with Gasteiger partial charge in [-0.2, -0.15) is 0 Å². The second-order valence-electron chi connectivity index (χ2n) is 8.71. The Bertz CT molecular complexity index is 809. The summed E-state index contributed by atoms with van der Waals surface area (Å²) in [5.41, 5.74) is -2.59. The molecule has 1 aromatic rings. The van der Waals surface area contributed by atoms with Gasteiger partial charge in [-0.1, -0.05) is 0 Å². The molecule has 2 heterocycles. The lowest BCUT2D eigenvalue weighted by Gasteiger charge is -2.44. The summed E-state index contributed by atoms with van der Waals surface area (Å²) in [7, 11) is 0. The van der Waals surface area contributed by atoms with Gasteiger partial charge < -0.3 is 14.7 Å².